The number of tetrazole rings is 1. The largest absolute Gasteiger partial charge is 1.00 e. The first-order valence-electron chi connectivity index (χ1n) is 12.6. The molecule has 1 atom stereocenters. The van der Waals surface area contributed by atoms with Crippen LogP contribution < -0.4 is 51.4 Å². The predicted molar refractivity (Wildman–Crippen MR) is 144 cm³/mol. The van der Waals surface area contributed by atoms with Crippen molar-refractivity contribution in [3.05, 3.63) is 70.8 Å². The third kappa shape index (κ3) is 7.99. The van der Waals surface area contributed by atoms with Crippen LogP contribution in [-0.2, 0) is 27.2 Å². The van der Waals surface area contributed by atoms with Gasteiger partial charge in [-0.15, -0.1) is 10.2 Å². The van der Waals surface area contributed by atoms with Crippen molar-refractivity contribution in [1.29, 1.82) is 0 Å². The number of unbranched alkanes of at least 4 members (excludes halogenated alkanes) is 1. The molecule has 11 nitrogen and oxygen atoms in total. The summed E-state index contributed by atoms with van der Waals surface area (Å²) < 4.78 is 16.8. The minimum Gasteiger partial charge on any atom is -1.00 e. The number of esters is 1. The molecule has 1 N–H and O–H groups in total. The topological polar surface area (TPSA) is 134 Å². The van der Waals surface area contributed by atoms with E-state index < -0.39 is 18.4 Å². The van der Waals surface area contributed by atoms with E-state index in [1.54, 1.807) is 11.5 Å². The van der Waals surface area contributed by atoms with Crippen LogP contribution in [0.2, 0.25) is 5.15 Å². The zero-order chi connectivity index (χ0) is 27.8. The minimum atomic E-state index is -1.17. The van der Waals surface area contributed by atoms with E-state index in [1.807, 2.05) is 48.5 Å². The fourth-order valence-electron chi connectivity index (χ4n) is 4.05. The monoisotopic (exact) mass is 592 g/mol. The number of carbonyl (C=O) groups is 2. The van der Waals surface area contributed by atoms with E-state index in [-0.39, 0.29) is 70.3 Å². The second kappa shape index (κ2) is 15.4. The van der Waals surface area contributed by atoms with Crippen LogP contribution in [0.1, 0.15) is 56.9 Å². The predicted octanol–water partition coefficient (Wildman–Crippen LogP) is 2.57. The molecule has 2 heterocycles. The van der Waals surface area contributed by atoms with Crippen molar-refractivity contribution in [2.24, 2.45) is 0 Å². The second-order valence-corrected chi connectivity index (χ2v) is 8.97. The average molecular weight is 593 g/mol. The zero-order valence-corrected chi connectivity index (χ0v) is 26.8. The van der Waals surface area contributed by atoms with Gasteiger partial charge < -0.3 is 20.2 Å². The molecule has 13 heteroatoms. The Morgan fingerprint density at radius 3 is 2.45 bits per heavy atom. The van der Waals surface area contributed by atoms with Crippen LogP contribution in [0, 0.1) is 0 Å². The molecule has 0 aliphatic carbocycles. The standard InChI is InChI=1S/C27H29ClN6O5.K.H/c1-4-6-11-22-29-24(28)23(26(35)38-17(3)39-27(36)37-5-2)34(22)16-18-12-14-19(15-13-18)20-9-7-8-10-21(20)25-30-32-33-31-25;;/h7-10,12-15,17H,4-6,11,16H2,1-3H3,(H,30,31,32,33);;/q;+1;-1. The molecule has 2 aromatic carbocycles. The van der Waals surface area contributed by atoms with Gasteiger partial charge >= 0.3 is 63.5 Å². The van der Waals surface area contributed by atoms with Crippen molar-refractivity contribution >= 4 is 23.7 Å². The number of halogens is 1. The molecule has 1 unspecified atom stereocenters. The molecule has 0 aliphatic heterocycles. The van der Waals surface area contributed by atoms with Gasteiger partial charge in [0.2, 0.25) is 12.1 Å². The Hall–Kier alpha value is -2.61. The molecule has 0 aliphatic rings. The van der Waals surface area contributed by atoms with Gasteiger partial charge in [0, 0.05) is 25.5 Å². The number of benzene rings is 2. The average Bonchev–Trinajstić information content (AvgIpc) is 3.56. The Bertz CT molecular complexity index is 1420. The molecular formula is C27H30ClKN6O5. The zero-order valence-electron chi connectivity index (χ0n) is 23.9. The summed E-state index contributed by atoms with van der Waals surface area (Å²) >= 11 is 6.42. The molecule has 0 saturated carbocycles. The summed E-state index contributed by atoms with van der Waals surface area (Å²) in [5, 5.41) is 14.4. The summed E-state index contributed by atoms with van der Waals surface area (Å²) in [6.07, 6.45) is 0.351. The van der Waals surface area contributed by atoms with Crippen molar-refractivity contribution < 1.29 is 76.6 Å². The quantitative estimate of drug-likeness (QED) is 0.158. The fourth-order valence-corrected chi connectivity index (χ4v) is 4.33. The molecule has 0 saturated heterocycles. The van der Waals surface area contributed by atoms with Crippen molar-refractivity contribution in [1.82, 2.24) is 30.2 Å². The molecule has 0 spiro atoms. The summed E-state index contributed by atoms with van der Waals surface area (Å²) in [6, 6.07) is 15.7. The SMILES string of the molecule is CCCCc1nc(Cl)c(C(=O)OC(C)OC(=O)OCC)n1Cc1ccc(-c2ccccc2-c2nn[nH]n2)cc1.[H-].[K+]. The summed E-state index contributed by atoms with van der Waals surface area (Å²) in [4.78, 5) is 29.1. The summed E-state index contributed by atoms with van der Waals surface area (Å²) in [6.45, 7) is 5.62. The molecule has 0 amide bonds. The van der Waals surface area contributed by atoms with Crippen molar-refractivity contribution in [3.8, 4) is 22.5 Å². The van der Waals surface area contributed by atoms with E-state index in [4.69, 9.17) is 25.8 Å². The number of nitrogens with one attached hydrogen (secondary N) is 1. The summed E-state index contributed by atoms with van der Waals surface area (Å²) in [5.41, 5.74) is 3.80. The first-order valence-corrected chi connectivity index (χ1v) is 13.0. The summed E-state index contributed by atoms with van der Waals surface area (Å²) in [7, 11) is 0. The van der Waals surface area contributed by atoms with Crippen LogP contribution in [-0.4, -0.2) is 55.2 Å². The van der Waals surface area contributed by atoms with Gasteiger partial charge in [0.15, 0.2) is 10.8 Å². The molecule has 0 radical (unpaired) electrons. The van der Waals surface area contributed by atoms with Crippen LogP contribution in [0.25, 0.3) is 22.5 Å². The van der Waals surface area contributed by atoms with E-state index in [1.165, 1.54) is 6.92 Å². The van der Waals surface area contributed by atoms with Crippen molar-refractivity contribution in [3.63, 3.8) is 0 Å². The molecule has 4 aromatic rings. The van der Waals surface area contributed by atoms with E-state index in [2.05, 4.69) is 32.5 Å². The van der Waals surface area contributed by atoms with Gasteiger partial charge in [0.25, 0.3) is 0 Å². The van der Waals surface area contributed by atoms with Gasteiger partial charge in [-0.05, 0) is 35.2 Å². The van der Waals surface area contributed by atoms with E-state index in [0.717, 1.165) is 35.1 Å². The number of hydrogen-bond acceptors (Lipinski definition) is 9. The number of nitrogens with zero attached hydrogens (tertiary/aromatic N) is 5. The third-order valence-corrected chi connectivity index (χ3v) is 6.13. The van der Waals surface area contributed by atoms with E-state index >= 15 is 0 Å². The van der Waals surface area contributed by atoms with Gasteiger partial charge in [-0.3, -0.25) is 0 Å². The fraction of sp³-hybridized carbons (Fsp3) is 0.333. The maximum Gasteiger partial charge on any atom is 1.00 e. The molecule has 2 aromatic heterocycles. The number of hydrogen-bond donors (Lipinski definition) is 1. The molecule has 4 rings (SSSR count). The Morgan fingerprint density at radius 1 is 1.07 bits per heavy atom. The number of aromatic amines is 1. The number of imidazole rings is 1. The van der Waals surface area contributed by atoms with Crippen LogP contribution in [0.5, 0.6) is 0 Å². The maximum absolute atomic E-state index is 13.1. The Kier molecular flexibility index (Phi) is 12.3. The first-order chi connectivity index (χ1) is 18.9. The molecular weight excluding hydrogens is 563 g/mol. The third-order valence-electron chi connectivity index (χ3n) is 5.87. The number of H-pyrrole nitrogens is 1. The van der Waals surface area contributed by atoms with Gasteiger partial charge in [-0.25, -0.2) is 14.6 Å². The van der Waals surface area contributed by atoms with Gasteiger partial charge in [0.1, 0.15) is 5.82 Å². The molecule has 0 bridgehead atoms. The van der Waals surface area contributed by atoms with E-state index in [9.17, 15) is 9.59 Å². The molecule has 0 fully saturated rings. The smallest absolute Gasteiger partial charge is 1.00 e. The first kappa shape index (κ1) is 31.9. The Balaban J connectivity index is 0.00000294. The van der Waals surface area contributed by atoms with Crippen LogP contribution in [0.15, 0.2) is 48.5 Å². The Morgan fingerprint density at radius 2 is 1.80 bits per heavy atom. The van der Waals surface area contributed by atoms with Crippen molar-refractivity contribution in [2.75, 3.05) is 6.61 Å². The van der Waals surface area contributed by atoms with Gasteiger partial charge in [-0.2, -0.15) is 5.21 Å². The maximum atomic E-state index is 13.1. The summed E-state index contributed by atoms with van der Waals surface area (Å²) in [5.74, 6) is 0.421. The van der Waals surface area contributed by atoms with Gasteiger partial charge in [0.05, 0.1) is 6.61 Å². The molecule has 40 heavy (non-hydrogen) atoms. The number of aromatic nitrogens is 6. The Labute approximate surface area is 280 Å². The number of carbonyl (C=O) groups excluding carboxylic acids is 2. The normalized spacial score (nSPS) is 11.4. The van der Waals surface area contributed by atoms with Gasteiger partial charge in [-0.1, -0.05) is 73.5 Å². The molecule has 206 valence electrons. The van der Waals surface area contributed by atoms with Crippen LogP contribution >= 0.6 is 11.6 Å². The van der Waals surface area contributed by atoms with Crippen LogP contribution in [0.3, 0.4) is 0 Å². The van der Waals surface area contributed by atoms with Crippen molar-refractivity contribution in [2.45, 2.75) is 52.9 Å². The van der Waals surface area contributed by atoms with E-state index in [0.29, 0.717) is 24.6 Å². The number of aryl methyl sites for hydroxylation is 1. The minimum absolute atomic E-state index is 0. The second-order valence-electron chi connectivity index (χ2n) is 8.61. The number of rotatable bonds is 11. The van der Waals surface area contributed by atoms with Crippen LogP contribution in [0.4, 0.5) is 4.79 Å². The number of ether oxygens (including phenoxy) is 3.